The van der Waals surface area contributed by atoms with Crippen LogP contribution in [0.25, 0.3) is 0 Å². The van der Waals surface area contributed by atoms with Crippen molar-refractivity contribution < 1.29 is 8.42 Å². The van der Waals surface area contributed by atoms with Gasteiger partial charge >= 0.3 is 0 Å². The molecular weight excluding hydrogens is 284 g/mol. The summed E-state index contributed by atoms with van der Waals surface area (Å²) in [6.07, 6.45) is 5.49. The van der Waals surface area contributed by atoms with Crippen molar-refractivity contribution in [2.45, 2.75) is 38.1 Å². The van der Waals surface area contributed by atoms with Crippen molar-refractivity contribution >= 4 is 10.0 Å². The maximum Gasteiger partial charge on any atom is 0.211 e. The average molecular weight is 308 g/mol. The van der Waals surface area contributed by atoms with E-state index in [0.29, 0.717) is 12.5 Å². The summed E-state index contributed by atoms with van der Waals surface area (Å²) >= 11 is 0. The third kappa shape index (κ3) is 3.84. The first-order chi connectivity index (χ1) is 10.1. The van der Waals surface area contributed by atoms with E-state index in [-0.39, 0.29) is 11.8 Å². The monoisotopic (exact) mass is 308 g/mol. The highest BCUT2D eigenvalue weighted by atomic mass is 32.2. The first-order valence-electron chi connectivity index (χ1n) is 7.92. The maximum absolute atomic E-state index is 12.1. The van der Waals surface area contributed by atoms with Crippen LogP contribution < -0.4 is 10.0 Å². The zero-order chi connectivity index (χ0) is 14.7. The van der Waals surface area contributed by atoms with E-state index in [4.69, 9.17) is 0 Å². The molecule has 0 radical (unpaired) electrons. The molecule has 1 aromatic carbocycles. The van der Waals surface area contributed by atoms with E-state index < -0.39 is 10.0 Å². The summed E-state index contributed by atoms with van der Waals surface area (Å²) in [5, 5.41) is 3.41. The standard InChI is InChI=1S/C16H24N2O2S/c19-21(20,11-9-13-4-3-5-13)18-12-16-15-7-2-1-6-14(15)8-10-17-16/h1-2,6-7,13,16-18H,3-5,8-12H2. The Balaban J connectivity index is 1.55. The van der Waals surface area contributed by atoms with Crippen molar-refractivity contribution in [2.24, 2.45) is 5.92 Å². The molecule has 2 aliphatic rings. The molecule has 1 atom stereocenters. The van der Waals surface area contributed by atoms with Crippen LogP contribution in [0.4, 0.5) is 0 Å². The quantitative estimate of drug-likeness (QED) is 0.845. The lowest BCUT2D eigenvalue weighted by molar-refractivity contribution is 0.307. The van der Waals surface area contributed by atoms with Gasteiger partial charge in [0.25, 0.3) is 0 Å². The van der Waals surface area contributed by atoms with Gasteiger partial charge in [-0.2, -0.15) is 0 Å². The highest BCUT2D eigenvalue weighted by molar-refractivity contribution is 7.89. The highest BCUT2D eigenvalue weighted by Gasteiger charge is 2.23. The lowest BCUT2D eigenvalue weighted by atomic mass is 9.84. The molecule has 1 aromatic rings. The van der Waals surface area contributed by atoms with Gasteiger partial charge in [0.1, 0.15) is 0 Å². The summed E-state index contributed by atoms with van der Waals surface area (Å²) in [5.74, 6) is 0.904. The van der Waals surface area contributed by atoms with E-state index in [1.807, 2.05) is 12.1 Å². The number of fused-ring (bicyclic) bond motifs is 1. The third-order valence-electron chi connectivity index (χ3n) is 4.74. The molecule has 1 unspecified atom stereocenters. The minimum atomic E-state index is -3.14. The van der Waals surface area contributed by atoms with Gasteiger partial charge < -0.3 is 5.32 Å². The molecule has 1 aliphatic heterocycles. The third-order valence-corrected chi connectivity index (χ3v) is 6.12. The van der Waals surface area contributed by atoms with Gasteiger partial charge in [0.15, 0.2) is 0 Å². The maximum atomic E-state index is 12.1. The van der Waals surface area contributed by atoms with Crippen LogP contribution in [0.2, 0.25) is 0 Å². The molecule has 0 bridgehead atoms. The number of benzene rings is 1. The Hall–Kier alpha value is -0.910. The number of hydrogen-bond donors (Lipinski definition) is 2. The minimum absolute atomic E-state index is 0.0911. The Morgan fingerprint density at radius 3 is 2.81 bits per heavy atom. The molecular formula is C16H24N2O2S. The molecule has 0 amide bonds. The van der Waals surface area contributed by atoms with E-state index >= 15 is 0 Å². The summed E-state index contributed by atoms with van der Waals surface area (Å²) < 4.78 is 27.0. The predicted molar refractivity (Wildman–Crippen MR) is 84.6 cm³/mol. The normalized spacial score (nSPS) is 22.6. The molecule has 0 aromatic heterocycles. The zero-order valence-corrected chi connectivity index (χ0v) is 13.2. The molecule has 2 N–H and O–H groups in total. The van der Waals surface area contributed by atoms with Gasteiger partial charge in [-0.3, -0.25) is 0 Å². The largest absolute Gasteiger partial charge is 0.308 e. The van der Waals surface area contributed by atoms with E-state index in [1.165, 1.54) is 30.4 Å². The summed E-state index contributed by atoms with van der Waals surface area (Å²) in [5.41, 5.74) is 2.56. The number of nitrogens with one attached hydrogen (secondary N) is 2. The summed E-state index contributed by atoms with van der Waals surface area (Å²) in [6, 6.07) is 8.38. The van der Waals surface area contributed by atoms with Gasteiger partial charge in [0.2, 0.25) is 10.0 Å². The van der Waals surface area contributed by atoms with Crippen LogP contribution in [0.1, 0.15) is 42.9 Å². The smallest absolute Gasteiger partial charge is 0.211 e. The van der Waals surface area contributed by atoms with Gasteiger partial charge in [-0.05, 0) is 36.4 Å². The van der Waals surface area contributed by atoms with Gasteiger partial charge in [0, 0.05) is 12.6 Å². The van der Waals surface area contributed by atoms with Gasteiger partial charge in [-0.25, -0.2) is 13.1 Å². The molecule has 1 saturated carbocycles. The Morgan fingerprint density at radius 1 is 1.24 bits per heavy atom. The topological polar surface area (TPSA) is 58.2 Å². The predicted octanol–water partition coefficient (Wildman–Crippen LogP) is 1.98. The fourth-order valence-corrected chi connectivity index (χ4v) is 4.37. The van der Waals surface area contributed by atoms with Crippen molar-refractivity contribution in [1.29, 1.82) is 0 Å². The van der Waals surface area contributed by atoms with Crippen LogP contribution >= 0.6 is 0 Å². The minimum Gasteiger partial charge on any atom is -0.308 e. The van der Waals surface area contributed by atoms with E-state index in [0.717, 1.165) is 19.4 Å². The second-order valence-electron chi connectivity index (χ2n) is 6.21. The fourth-order valence-electron chi connectivity index (χ4n) is 3.16. The first-order valence-corrected chi connectivity index (χ1v) is 9.58. The van der Waals surface area contributed by atoms with Crippen molar-refractivity contribution in [3.05, 3.63) is 35.4 Å². The Kier molecular flexibility index (Phi) is 4.62. The Bertz CT molecular complexity index is 582. The van der Waals surface area contributed by atoms with Crippen LogP contribution in [0.15, 0.2) is 24.3 Å². The van der Waals surface area contributed by atoms with Crippen molar-refractivity contribution in [1.82, 2.24) is 10.0 Å². The van der Waals surface area contributed by atoms with Crippen molar-refractivity contribution in [3.63, 3.8) is 0 Å². The molecule has 116 valence electrons. The summed E-state index contributed by atoms with van der Waals surface area (Å²) in [6.45, 7) is 1.36. The molecule has 3 rings (SSSR count). The SMILES string of the molecule is O=S(=O)(CCC1CCC1)NCC1NCCc2ccccc21. The molecule has 0 saturated heterocycles. The molecule has 1 heterocycles. The van der Waals surface area contributed by atoms with Crippen LogP contribution in [0, 0.1) is 5.92 Å². The highest BCUT2D eigenvalue weighted by Crippen LogP contribution is 2.29. The Morgan fingerprint density at radius 2 is 2.05 bits per heavy atom. The number of hydrogen-bond acceptors (Lipinski definition) is 3. The molecule has 5 heteroatoms. The number of sulfonamides is 1. The molecule has 1 fully saturated rings. The second kappa shape index (κ2) is 6.46. The van der Waals surface area contributed by atoms with E-state index in [1.54, 1.807) is 0 Å². The van der Waals surface area contributed by atoms with Gasteiger partial charge in [-0.1, -0.05) is 43.5 Å². The molecule has 21 heavy (non-hydrogen) atoms. The van der Waals surface area contributed by atoms with Gasteiger partial charge in [-0.15, -0.1) is 0 Å². The molecule has 1 aliphatic carbocycles. The van der Waals surface area contributed by atoms with Crippen LogP contribution in [0.3, 0.4) is 0 Å². The van der Waals surface area contributed by atoms with E-state index in [2.05, 4.69) is 22.2 Å². The van der Waals surface area contributed by atoms with Crippen LogP contribution in [-0.4, -0.2) is 27.3 Å². The fraction of sp³-hybridized carbons (Fsp3) is 0.625. The number of rotatable bonds is 6. The van der Waals surface area contributed by atoms with Crippen LogP contribution in [-0.2, 0) is 16.4 Å². The zero-order valence-electron chi connectivity index (χ0n) is 12.3. The van der Waals surface area contributed by atoms with Crippen molar-refractivity contribution in [2.75, 3.05) is 18.8 Å². The second-order valence-corrected chi connectivity index (χ2v) is 8.13. The molecule has 4 nitrogen and oxygen atoms in total. The van der Waals surface area contributed by atoms with Gasteiger partial charge in [0.05, 0.1) is 5.75 Å². The first kappa shape index (κ1) is 15.0. The molecule has 0 spiro atoms. The average Bonchev–Trinajstić information content (AvgIpc) is 2.43. The van der Waals surface area contributed by atoms with Crippen LogP contribution in [0.5, 0.6) is 0 Å². The van der Waals surface area contributed by atoms with Crippen molar-refractivity contribution in [3.8, 4) is 0 Å². The lowest BCUT2D eigenvalue weighted by Gasteiger charge is -2.28. The summed E-state index contributed by atoms with van der Waals surface area (Å²) in [7, 11) is -3.14. The van der Waals surface area contributed by atoms with E-state index in [9.17, 15) is 8.42 Å². The lowest BCUT2D eigenvalue weighted by Crippen LogP contribution is -2.39. The summed E-state index contributed by atoms with van der Waals surface area (Å²) in [4.78, 5) is 0. The Labute approximate surface area is 127 Å².